The third-order valence-electron chi connectivity index (χ3n) is 4.90. The number of hydrogen-bond acceptors (Lipinski definition) is 6. The van der Waals surface area contributed by atoms with E-state index in [4.69, 9.17) is 27.9 Å². The minimum atomic E-state index is -1.71. The van der Waals surface area contributed by atoms with Crippen molar-refractivity contribution in [2.24, 2.45) is 5.92 Å². The van der Waals surface area contributed by atoms with Crippen LogP contribution in [0.4, 0.5) is 13.2 Å². The summed E-state index contributed by atoms with van der Waals surface area (Å²) in [7, 11) is 0. The smallest absolute Gasteiger partial charge is 0.194 e. The molecule has 0 aliphatic carbocycles. The maximum Gasteiger partial charge on any atom is 0.194 e. The van der Waals surface area contributed by atoms with Gasteiger partial charge >= 0.3 is 0 Å². The largest absolute Gasteiger partial charge is 0.394 e. The highest BCUT2D eigenvalue weighted by Crippen LogP contribution is 2.39. The monoisotopic (exact) mass is 496 g/mol. The lowest BCUT2D eigenvalue weighted by atomic mass is 9.84. The standard InChI is InChI=1S/C20H17Cl2F3O5S/c21-11-2-1-9(5-12(11)22)31-20-19(29)10(18(28)16(7-26)30-20)6-15(27)8-3-13(23)17(25)14(24)4-8/h1-5,10,16,18-20,26,28-29H,6-7H2/t10-,16?,18+,19?,20+/m0/s1. The SMILES string of the molecule is O=C(C[C@@H]1C(O)[C@@H](Sc2ccc(Cl)c(Cl)c2)OC(CO)[C@@H]1O)c1cc(F)c(F)c(F)c1. The summed E-state index contributed by atoms with van der Waals surface area (Å²) >= 11 is 12.9. The number of ether oxygens (including phenoxy) is 1. The molecule has 0 amide bonds. The minimum Gasteiger partial charge on any atom is -0.394 e. The van der Waals surface area contributed by atoms with Gasteiger partial charge in [0.1, 0.15) is 11.5 Å². The molecule has 3 rings (SSSR count). The fourth-order valence-electron chi connectivity index (χ4n) is 3.24. The van der Waals surface area contributed by atoms with Gasteiger partial charge in [0, 0.05) is 22.8 Å². The van der Waals surface area contributed by atoms with Crippen LogP contribution < -0.4 is 0 Å². The summed E-state index contributed by atoms with van der Waals surface area (Å²) in [6, 6.07) is 5.79. The number of ketones is 1. The molecule has 1 aliphatic heterocycles. The Labute approximate surface area is 189 Å². The van der Waals surface area contributed by atoms with Crippen molar-refractivity contribution in [2.75, 3.05) is 6.61 Å². The molecule has 0 radical (unpaired) electrons. The molecule has 3 N–H and O–H groups in total. The number of hydrogen-bond donors (Lipinski definition) is 3. The number of aliphatic hydroxyl groups is 3. The minimum absolute atomic E-state index is 0.266. The van der Waals surface area contributed by atoms with Gasteiger partial charge in [-0.3, -0.25) is 4.79 Å². The van der Waals surface area contributed by atoms with Crippen LogP contribution in [0.5, 0.6) is 0 Å². The Morgan fingerprint density at radius 1 is 1.03 bits per heavy atom. The van der Waals surface area contributed by atoms with Gasteiger partial charge in [0.25, 0.3) is 0 Å². The number of thioether (sulfide) groups is 1. The molecule has 5 nitrogen and oxygen atoms in total. The second-order valence-corrected chi connectivity index (χ2v) is 8.93. The summed E-state index contributed by atoms with van der Waals surface area (Å²) in [4.78, 5) is 13.1. The Kier molecular flexibility index (Phi) is 7.90. The van der Waals surface area contributed by atoms with E-state index in [1.165, 1.54) is 6.07 Å². The van der Waals surface area contributed by atoms with E-state index in [0.717, 1.165) is 11.8 Å². The van der Waals surface area contributed by atoms with E-state index in [-0.39, 0.29) is 5.02 Å². The molecule has 1 saturated heterocycles. The van der Waals surface area contributed by atoms with Crippen molar-refractivity contribution in [2.45, 2.75) is 35.1 Å². The van der Waals surface area contributed by atoms with E-state index >= 15 is 0 Å². The molecule has 2 unspecified atom stereocenters. The molecular formula is C20H17Cl2F3O5S. The Hall–Kier alpha value is -1.33. The highest BCUT2D eigenvalue weighted by Gasteiger charge is 2.45. The number of rotatable bonds is 6. The molecule has 0 spiro atoms. The molecule has 11 heteroatoms. The van der Waals surface area contributed by atoms with E-state index in [1.807, 2.05) is 0 Å². The summed E-state index contributed by atoms with van der Waals surface area (Å²) in [5.41, 5.74) is -1.45. The Morgan fingerprint density at radius 2 is 1.68 bits per heavy atom. The van der Waals surface area contributed by atoms with Crippen molar-refractivity contribution in [1.29, 1.82) is 0 Å². The maximum atomic E-state index is 13.5. The third-order valence-corrected chi connectivity index (χ3v) is 6.78. The van der Waals surface area contributed by atoms with Crippen LogP contribution in [0, 0.1) is 23.4 Å². The summed E-state index contributed by atoms with van der Waals surface area (Å²) in [5.74, 6) is -6.72. The average Bonchev–Trinajstić information content (AvgIpc) is 2.73. The Morgan fingerprint density at radius 3 is 2.26 bits per heavy atom. The van der Waals surface area contributed by atoms with Crippen LogP contribution >= 0.6 is 35.0 Å². The molecule has 0 saturated carbocycles. The number of Topliss-reactive ketones (excluding diaryl/α,β-unsaturated/α-hetero) is 1. The first-order valence-corrected chi connectivity index (χ1v) is 10.7. The van der Waals surface area contributed by atoms with Gasteiger partial charge in [0.2, 0.25) is 0 Å². The van der Waals surface area contributed by atoms with Crippen molar-refractivity contribution in [1.82, 2.24) is 0 Å². The van der Waals surface area contributed by atoms with Gasteiger partial charge in [-0.2, -0.15) is 0 Å². The number of halogens is 5. The summed E-state index contributed by atoms with van der Waals surface area (Å²) in [6.45, 7) is -0.600. The Bertz CT molecular complexity index is 957. The van der Waals surface area contributed by atoms with Crippen LogP contribution in [0.3, 0.4) is 0 Å². The summed E-state index contributed by atoms with van der Waals surface area (Å²) in [5, 5.41) is 31.3. The quantitative estimate of drug-likeness (QED) is 0.416. The fraction of sp³-hybridized carbons (Fsp3) is 0.350. The zero-order chi connectivity index (χ0) is 22.9. The van der Waals surface area contributed by atoms with Crippen molar-refractivity contribution < 1.29 is 38.0 Å². The van der Waals surface area contributed by atoms with Crippen LogP contribution in [-0.2, 0) is 4.74 Å². The molecule has 1 heterocycles. The van der Waals surface area contributed by atoms with Gasteiger partial charge < -0.3 is 20.1 Å². The predicted molar refractivity (Wildman–Crippen MR) is 109 cm³/mol. The third kappa shape index (κ3) is 5.36. The van der Waals surface area contributed by atoms with Crippen LogP contribution in [0.25, 0.3) is 0 Å². The van der Waals surface area contributed by atoms with Crippen LogP contribution in [0.1, 0.15) is 16.8 Å². The number of aliphatic hydroxyl groups excluding tert-OH is 3. The summed E-state index contributed by atoms with van der Waals surface area (Å²) in [6.07, 6.45) is -4.48. The molecule has 168 valence electrons. The van der Waals surface area contributed by atoms with Crippen LogP contribution in [-0.4, -0.2) is 51.5 Å². The fourth-order valence-corrected chi connectivity index (χ4v) is 4.74. The van der Waals surface area contributed by atoms with E-state index in [0.29, 0.717) is 22.1 Å². The normalized spacial score (nSPS) is 26.1. The molecule has 1 aliphatic rings. The average molecular weight is 497 g/mol. The first-order chi connectivity index (χ1) is 14.6. The summed E-state index contributed by atoms with van der Waals surface area (Å²) < 4.78 is 45.7. The zero-order valence-electron chi connectivity index (χ0n) is 15.6. The highest BCUT2D eigenvalue weighted by atomic mass is 35.5. The lowest BCUT2D eigenvalue weighted by Gasteiger charge is -2.42. The molecule has 1 fully saturated rings. The van der Waals surface area contributed by atoms with Crippen molar-refractivity contribution in [3.05, 3.63) is 63.4 Å². The van der Waals surface area contributed by atoms with Gasteiger partial charge in [0.05, 0.1) is 28.9 Å². The number of carbonyl (C=O) groups excluding carboxylic acids is 1. The van der Waals surface area contributed by atoms with Gasteiger partial charge in [-0.1, -0.05) is 35.0 Å². The zero-order valence-corrected chi connectivity index (χ0v) is 18.0. The van der Waals surface area contributed by atoms with E-state index < -0.39 is 71.5 Å². The Balaban J connectivity index is 1.82. The molecule has 31 heavy (non-hydrogen) atoms. The van der Waals surface area contributed by atoms with E-state index in [9.17, 15) is 33.3 Å². The second-order valence-electron chi connectivity index (χ2n) is 6.95. The molecular weight excluding hydrogens is 480 g/mol. The van der Waals surface area contributed by atoms with Gasteiger partial charge in [-0.05, 0) is 30.3 Å². The molecule has 2 aromatic rings. The lowest BCUT2D eigenvalue weighted by molar-refractivity contribution is -0.181. The molecule has 0 bridgehead atoms. The van der Waals surface area contributed by atoms with Crippen LogP contribution in [0.2, 0.25) is 10.0 Å². The predicted octanol–water partition coefficient (Wildman–Crippen LogP) is 3.83. The topological polar surface area (TPSA) is 87.0 Å². The van der Waals surface area contributed by atoms with E-state index in [1.54, 1.807) is 12.1 Å². The number of benzene rings is 2. The lowest BCUT2D eigenvalue weighted by Crippen LogP contribution is -2.54. The number of carbonyl (C=O) groups is 1. The van der Waals surface area contributed by atoms with Crippen molar-refractivity contribution in [3.8, 4) is 0 Å². The van der Waals surface area contributed by atoms with Gasteiger partial charge in [0.15, 0.2) is 23.2 Å². The van der Waals surface area contributed by atoms with Crippen LogP contribution in [0.15, 0.2) is 35.2 Å². The van der Waals surface area contributed by atoms with Gasteiger partial charge in [-0.25, -0.2) is 13.2 Å². The first-order valence-electron chi connectivity index (χ1n) is 9.04. The molecule has 2 aromatic carbocycles. The van der Waals surface area contributed by atoms with Crippen molar-refractivity contribution in [3.63, 3.8) is 0 Å². The van der Waals surface area contributed by atoms with E-state index in [2.05, 4.69) is 0 Å². The maximum absolute atomic E-state index is 13.5. The van der Waals surface area contributed by atoms with Gasteiger partial charge in [-0.15, -0.1) is 0 Å². The highest BCUT2D eigenvalue weighted by molar-refractivity contribution is 7.99. The van der Waals surface area contributed by atoms with Crippen molar-refractivity contribution >= 4 is 40.7 Å². The molecule has 0 aromatic heterocycles. The molecule has 5 atom stereocenters. The first kappa shape index (κ1) is 24.3. The second kappa shape index (κ2) is 10.1.